The number of hydrogen-bond acceptors (Lipinski definition) is 5. The lowest BCUT2D eigenvalue weighted by Gasteiger charge is -2.26. The van der Waals surface area contributed by atoms with Gasteiger partial charge in [0.2, 0.25) is 5.91 Å². The SMILES string of the molecule is CCC(=O)NCc1c(Nc2cccc(CN3CCOCC3)c2)ccnc1CC. The lowest BCUT2D eigenvalue weighted by molar-refractivity contribution is -0.120. The van der Waals surface area contributed by atoms with Crippen molar-refractivity contribution in [3.63, 3.8) is 0 Å². The van der Waals surface area contributed by atoms with Gasteiger partial charge in [-0.25, -0.2) is 0 Å². The van der Waals surface area contributed by atoms with Gasteiger partial charge in [0.05, 0.1) is 13.2 Å². The number of nitrogens with zero attached hydrogens (tertiary/aromatic N) is 2. The molecule has 3 rings (SSSR count). The molecule has 0 aliphatic carbocycles. The number of aromatic nitrogens is 1. The van der Waals surface area contributed by atoms with Gasteiger partial charge in [0.15, 0.2) is 0 Å². The standard InChI is InChI=1S/C22H30N4O2/c1-3-20-19(15-24-22(27)4-2)21(8-9-23-20)25-18-7-5-6-17(14-18)16-26-10-12-28-13-11-26/h5-9,14H,3-4,10-13,15-16H2,1-2H3,(H,23,25)(H,24,27). The van der Waals surface area contributed by atoms with E-state index < -0.39 is 0 Å². The van der Waals surface area contributed by atoms with Crippen molar-refractivity contribution in [2.45, 2.75) is 39.8 Å². The lowest BCUT2D eigenvalue weighted by atomic mass is 10.1. The second kappa shape index (κ2) is 10.2. The van der Waals surface area contributed by atoms with E-state index in [1.54, 1.807) is 0 Å². The predicted molar refractivity (Wildman–Crippen MR) is 112 cm³/mol. The van der Waals surface area contributed by atoms with Gasteiger partial charge in [0.25, 0.3) is 0 Å². The first-order chi connectivity index (χ1) is 13.7. The van der Waals surface area contributed by atoms with Gasteiger partial charge in [0, 0.05) is 61.4 Å². The Morgan fingerprint density at radius 2 is 2.04 bits per heavy atom. The molecular formula is C22H30N4O2. The van der Waals surface area contributed by atoms with Crippen LogP contribution < -0.4 is 10.6 Å². The molecule has 1 aliphatic rings. The summed E-state index contributed by atoms with van der Waals surface area (Å²) in [5.41, 5.74) is 5.36. The van der Waals surface area contributed by atoms with Gasteiger partial charge in [0.1, 0.15) is 0 Å². The van der Waals surface area contributed by atoms with Crippen LogP contribution >= 0.6 is 0 Å². The maximum Gasteiger partial charge on any atom is 0.219 e. The van der Waals surface area contributed by atoms with Gasteiger partial charge in [-0.3, -0.25) is 14.7 Å². The van der Waals surface area contributed by atoms with Gasteiger partial charge in [-0.2, -0.15) is 0 Å². The summed E-state index contributed by atoms with van der Waals surface area (Å²) in [6, 6.07) is 10.5. The summed E-state index contributed by atoms with van der Waals surface area (Å²) in [6.45, 7) is 8.92. The number of benzene rings is 1. The van der Waals surface area contributed by atoms with Crippen LogP contribution in [0.3, 0.4) is 0 Å². The molecule has 2 heterocycles. The largest absolute Gasteiger partial charge is 0.379 e. The van der Waals surface area contributed by atoms with E-state index in [0.717, 1.165) is 61.9 Å². The molecule has 0 radical (unpaired) electrons. The number of ether oxygens (including phenoxy) is 1. The number of aryl methyl sites for hydroxylation is 1. The second-order valence-corrected chi connectivity index (χ2v) is 6.98. The van der Waals surface area contributed by atoms with Gasteiger partial charge in [-0.15, -0.1) is 0 Å². The third-order valence-electron chi connectivity index (χ3n) is 4.98. The highest BCUT2D eigenvalue weighted by molar-refractivity contribution is 5.76. The van der Waals surface area contributed by atoms with Crippen LogP contribution in [0, 0.1) is 0 Å². The highest BCUT2D eigenvalue weighted by Crippen LogP contribution is 2.24. The molecule has 28 heavy (non-hydrogen) atoms. The van der Waals surface area contributed by atoms with Crippen LogP contribution in [0.2, 0.25) is 0 Å². The number of anilines is 2. The topological polar surface area (TPSA) is 66.5 Å². The molecule has 1 aromatic carbocycles. The Bertz CT molecular complexity index is 788. The number of rotatable bonds is 8. The minimum Gasteiger partial charge on any atom is -0.379 e. The fourth-order valence-corrected chi connectivity index (χ4v) is 3.39. The van der Waals surface area contributed by atoms with Gasteiger partial charge in [-0.1, -0.05) is 26.0 Å². The second-order valence-electron chi connectivity index (χ2n) is 6.98. The Hall–Kier alpha value is -2.44. The zero-order chi connectivity index (χ0) is 19.8. The molecule has 150 valence electrons. The molecule has 2 N–H and O–H groups in total. The quantitative estimate of drug-likeness (QED) is 0.734. The van der Waals surface area contributed by atoms with Crippen molar-refractivity contribution in [2.24, 2.45) is 0 Å². The highest BCUT2D eigenvalue weighted by atomic mass is 16.5. The van der Waals surface area contributed by atoms with Gasteiger partial charge in [-0.05, 0) is 30.2 Å². The highest BCUT2D eigenvalue weighted by Gasteiger charge is 2.12. The minimum atomic E-state index is 0.0457. The van der Waals surface area contributed by atoms with Crippen LogP contribution in [-0.2, 0) is 29.0 Å². The Morgan fingerprint density at radius 1 is 1.21 bits per heavy atom. The van der Waals surface area contributed by atoms with E-state index in [2.05, 4.69) is 51.7 Å². The summed E-state index contributed by atoms with van der Waals surface area (Å²) in [5.74, 6) is 0.0457. The first-order valence-electron chi connectivity index (χ1n) is 10.1. The minimum absolute atomic E-state index is 0.0457. The van der Waals surface area contributed by atoms with Crippen molar-refractivity contribution in [3.05, 3.63) is 53.3 Å². The zero-order valence-corrected chi connectivity index (χ0v) is 16.8. The molecule has 1 saturated heterocycles. The smallest absolute Gasteiger partial charge is 0.219 e. The molecule has 2 aromatic rings. The van der Waals surface area contributed by atoms with Crippen molar-refractivity contribution >= 4 is 17.3 Å². The van der Waals surface area contributed by atoms with E-state index in [-0.39, 0.29) is 5.91 Å². The predicted octanol–water partition coefficient (Wildman–Crippen LogP) is 3.25. The molecule has 6 nitrogen and oxygen atoms in total. The molecule has 0 spiro atoms. The molecular weight excluding hydrogens is 352 g/mol. The van der Waals surface area contributed by atoms with E-state index in [1.807, 2.05) is 19.2 Å². The van der Waals surface area contributed by atoms with Crippen LogP contribution in [0.1, 0.15) is 37.1 Å². The molecule has 1 fully saturated rings. The van der Waals surface area contributed by atoms with Crippen LogP contribution in [0.15, 0.2) is 36.5 Å². The maximum atomic E-state index is 11.7. The summed E-state index contributed by atoms with van der Waals surface area (Å²) in [6.07, 6.45) is 3.13. The van der Waals surface area contributed by atoms with Crippen molar-refractivity contribution in [3.8, 4) is 0 Å². The molecule has 6 heteroatoms. The van der Waals surface area contributed by atoms with Crippen LogP contribution in [-0.4, -0.2) is 42.1 Å². The normalized spacial score (nSPS) is 14.6. The van der Waals surface area contributed by atoms with E-state index in [1.165, 1.54) is 5.56 Å². The molecule has 1 amide bonds. The van der Waals surface area contributed by atoms with Crippen LogP contribution in [0.5, 0.6) is 0 Å². The molecule has 0 unspecified atom stereocenters. The van der Waals surface area contributed by atoms with Crippen LogP contribution in [0.4, 0.5) is 11.4 Å². The zero-order valence-electron chi connectivity index (χ0n) is 16.8. The van der Waals surface area contributed by atoms with Gasteiger partial charge < -0.3 is 15.4 Å². The van der Waals surface area contributed by atoms with E-state index >= 15 is 0 Å². The van der Waals surface area contributed by atoms with Gasteiger partial charge >= 0.3 is 0 Å². The Kier molecular flexibility index (Phi) is 7.39. The Morgan fingerprint density at radius 3 is 2.79 bits per heavy atom. The Balaban J connectivity index is 1.75. The number of carbonyl (C=O) groups excluding carboxylic acids is 1. The number of nitrogens with one attached hydrogen (secondary N) is 2. The number of amides is 1. The third-order valence-corrected chi connectivity index (χ3v) is 4.98. The first-order valence-corrected chi connectivity index (χ1v) is 10.1. The van der Waals surface area contributed by atoms with Crippen molar-refractivity contribution in [1.29, 1.82) is 0 Å². The fourth-order valence-electron chi connectivity index (χ4n) is 3.39. The molecule has 0 bridgehead atoms. The average Bonchev–Trinajstić information content (AvgIpc) is 2.73. The summed E-state index contributed by atoms with van der Waals surface area (Å²) in [4.78, 5) is 18.6. The number of pyridine rings is 1. The summed E-state index contributed by atoms with van der Waals surface area (Å²) in [5, 5.41) is 6.51. The average molecular weight is 383 g/mol. The van der Waals surface area contributed by atoms with E-state index in [9.17, 15) is 4.79 Å². The van der Waals surface area contributed by atoms with Crippen molar-refractivity contribution in [1.82, 2.24) is 15.2 Å². The summed E-state index contributed by atoms with van der Waals surface area (Å²) < 4.78 is 5.43. The molecule has 0 atom stereocenters. The van der Waals surface area contributed by atoms with Crippen LogP contribution in [0.25, 0.3) is 0 Å². The third kappa shape index (κ3) is 5.53. The monoisotopic (exact) mass is 382 g/mol. The first kappa shape index (κ1) is 20.3. The van der Waals surface area contributed by atoms with Crippen molar-refractivity contribution in [2.75, 3.05) is 31.6 Å². The Labute approximate surface area is 167 Å². The summed E-state index contributed by atoms with van der Waals surface area (Å²) >= 11 is 0. The molecule has 1 aromatic heterocycles. The number of carbonyl (C=O) groups is 1. The molecule has 0 saturated carbocycles. The van der Waals surface area contributed by atoms with E-state index in [0.29, 0.717) is 13.0 Å². The number of hydrogen-bond donors (Lipinski definition) is 2. The number of morpholine rings is 1. The summed E-state index contributed by atoms with van der Waals surface area (Å²) in [7, 11) is 0. The van der Waals surface area contributed by atoms with Crippen molar-refractivity contribution < 1.29 is 9.53 Å². The fraction of sp³-hybridized carbons (Fsp3) is 0.455. The maximum absolute atomic E-state index is 11.7. The van der Waals surface area contributed by atoms with E-state index in [4.69, 9.17) is 4.74 Å². The lowest BCUT2D eigenvalue weighted by Crippen LogP contribution is -2.35. The molecule has 1 aliphatic heterocycles.